The average molecular weight is 531 g/mol. The van der Waals surface area contributed by atoms with Gasteiger partial charge in [0.2, 0.25) is 0 Å². The van der Waals surface area contributed by atoms with E-state index < -0.39 is 11.9 Å². The van der Waals surface area contributed by atoms with Crippen molar-refractivity contribution in [3.8, 4) is 17.2 Å². The van der Waals surface area contributed by atoms with E-state index in [1.807, 2.05) is 6.07 Å². The van der Waals surface area contributed by atoms with Gasteiger partial charge in [0.05, 0.1) is 11.6 Å². The van der Waals surface area contributed by atoms with Crippen LogP contribution < -0.4 is 44.1 Å². The fourth-order valence-corrected chi connectivity index (χ4v) is 5.46. The van der Waals surface area contributed by atoms with Gasteiger partial charge in [-0.1, -0.05) is 23.7 Å². The molecule has 0 N–H and O–H groups in total. The first-order valence-corrected chi connectivity index (χ1v) is 12.5. The molecule has 2 aliphatic rings. The minimum Gasteiger partial charge on any atom is -0.549 e. The maximum Gasteiger partial charge on any atom is 1.00 e. The number of ether oxygens (including phenoxy) is 2. The molecule has 1 aliphatic carbocycles. The van der Waals surface area contributed by atoms with E-state index >= 15 is 0 Å². The molecule has 1 saturated carbocycles. The second-order valence-electron chi connectivity index (χ2n) is 9.51. The summed E-state index contributed by atoms with van der Waals surface area (Å²) in [7, 11) is 0. The molecule has 5 nitrogen and oxygen atoms in total. The SMILES string of the molecule is O=C(CC1CCC(c2cccc(F)c2)C1)c1ccc(Oc2cc3c(cc2Cl)C(C(=O)[O-])CCO3)cc1.[Na+]. The van der Waals surface area contributed by atoms with Crippen molar-refractivity contribution in [1.29, 1.82) is 0 Å². The molecule has 0 amide bonds. The van der Waals surface area contributed by atoms with E-state index in [4.69, 9.17) is 21.1 Å². The van der Waals surface area contributed by atoms with E-state index in [0.29, 0.717) is 47.1 Å². The molecule has 3 unspecified atom stereocenters. The maximum atomic E-state index is 13.6. The molecule has 1 fully saturated rings. The Kier molecular flexibility index (Phi) is 8.96. The third kappa shape index (κ3) is 6.37. The van der Waals surface area contributed by atoms with Crippen LogP contribution in [0.4, 0.5) is 4.39 Å². The second-order valence-corrected chi connectivity index (χ2v) is 9.92. The van der Waals surface area contributed by atoms with Gasteiger partial charge in [0.25, 0.3) is 0 Å². The van der Waals surface area contributed by atoms with Crippen molar-refractivity contribution in [2.45, 2.75) is 43.9 Å². The molecule has 3 atom stereocenters. The van der Waals surface area contributed by atoms with Crippen LogP contribution in [-0.4, -0.2) is 18.4 Å². The van der Waals surface area contributed by atoms with Crippen LogP contribution in [0.3, 0.4) is 0 Å². The van der Waals surface area contributed by atoms with Gasteiger partial charge in [-0.05, 0) is 85.5 Å². The number of fused-ring (bicyclic) bond motifs is 1. The molecule has 1 heterocycles. The number of benzene rings is 3. The number of ketones is 1. The smallest absolute Gasteiger partial charge is 0.549 e. The van der Waals surface area contributed by atoms with Crippen molar-refractivity contribution in [3.05, 3.63) is 88.2 Å². The van der Waals surface area contributed by atoms with Gasteiger partial charge in [-0.2, -0.15) is 0 Å². The van der Waals surface area contributed by atoms with Crippen LogP contribution in [0, 0.1) is 11.7 Å². The van der Waals surface area contributed by atoms with Crippen LogP contribution in [0.2, 0.25) is 5.02 Å². The predicted molar refractivity (Wildman–Crippen MR) is 131 cm³/mol. The Morgan fingerprint density at radius 3 is 2.57 bits per heavy atom. The van der Waals surface area contributed by atoms with Gasteiger partial charge in [-0.25, -0.2) is 4.39 Å². The van der Waals surface area contributed by atoms with Crippen LogP contribution in [0.15, 0.2) is 60.7 Å². The summed E-state index contributed by atoms with van der Waals surface area (Å²) in [6.45, 7) is 0.271. The van der Waals surface area contributed by atoms with Gasteiger partial charge in [0.1, 0.15) is 23.1 Å². The van der Waals surface area contributed by atoms with Crippen LogP contribution in [0.25, 0.3) is 0 Å². The topological polar surface area (TPSA) is 75.7 Å². The van der Waals surface area contributed by atoms with E-state index in [9.17, 15) is 19.1 Å². The molecule has 3 aromatic carbocycles. The Morgan fingerprint density at radius 1 is 1.05 bits per heavy atom. The van der Waals surface area contributed by atoms with Crippen molar-refractivity contribution in [3.63, 3.8) is 0 Å². The fraction of sp³-hybridized carbons (Fsp3) is 0.310. The Balaban J connectivity index is 0.00000320. The van der Waals surface area contributed by atoms with Gasteiger partial charge in [0, 0.05) is 35.5 Å². The summed E-state index contributed by atoms with van der Waals surface area (Å²) in [6, 6.07) is 16.7. The van der Waals surface area contributed by atoms with Crippen molar-refractivity contribution < 1.29 is 58.1 Å². The van der Waals surface area contributed by atoms with E-state index in [1.54, 1.807) is 48.5 Å². The summed E-state index contributed by atoms with van der Waals surface area (Å²) in [6.07, 6.45) is 3.58. The number of halogens is 2. The molecule has 8 heteroatoms. The molecule has 0 radical (unpaired) electrons. The number of hydrogen-bond donors (Lipinski definition) is 0. The predicted octanol–water partition coefficient (Wildman–Crippen LogP) is 3.05. The number of carbonyl (C=O) groups excluding carboxylic acids is 2. The molecular weight excluding hydrogens is 506 g/mol. The van der Waals surface area contributed by atoms with Crippen LogP contribution >= 0.6 is 11.6 Å². The van der Waals surface area contributed by atoms with Crippen molar-refractivity contribution in [2.75, 3.05) is 6.61 Å². The average Bonchev–Trinajstić information content (AvgIpc) is 3.33. The van der Waals surface area contributed by atoms with Gasteiger partial charge >= 0.3 is 29.6 Å². The van der Waals surface area contributed by atoms with E-state index in [2.05, 4.69) is 0 Å². The third-order valence-electron chi connectivity index (χ3n) is 7.13. The summed E-state index contributed by atoms with van der Waals surface area (Å²) in [5.41, 5.74) is 2.09. The van der Waals surface area contributed by atoms with Crippen molar-refractivity contribution in [2.24, 2.45) is 5.92 Å². The maximum absolute atomic E-state index is 13.6. The normalized spacial score (nSPS) is 20.3. The van der Waals surface area contributed by atoms with Crippen molar-refractivity contribution in [1.82, 2.24) is 0 Å². The monoisotopic (exact) mass is 530 g/mol. The summed E-state index contributed by atoms with van der Waals surface area (Å²) < 4.78 is 25.1. The molecule has 0 aromatic heterocycles. The summed E-state index contributed by atoms with van der Waals surface area (Å²) in [5.74, 6) is -0.269. The largest absolute Gasteiger partial charge is 1.00 e. The molecule has 37 heavy (non-hydrogen) atoms. The first-order valence-electron chi connectivity index (χ1n) is 12.1. The zero-order valence-electron chi connectivity index (χ0n) is 20.5. The van der Waals surface area contributed by atoms with Crippen LogP contribution in [0.5, 0.6) is 17.2 Å². The standard InChI is InChI=1S/C29H26ClFO5.Na/c30-25-15-24-23(29(33)34)10-11-35-27(24)16-28(25)36-22-8-6-18(7-9-22)26(32)13-17-4-5-20(12-17)19-2-1-3-21(31)14-19;/h1-3,6-9,14-17,20,23H,4-5,10-13H2,(H,33,34);/q;+1/p-1. The molecule has 3 aromatic rings. The zero-order valence-corrected chi connectivity index (χ0v) is 23.3. The van der Waals surface area contributed by atoms with Crippen LogP contribution in [-0.2, 0) is 4.79 Å². The van der Waals surface area contributed by atoms with Gasteiger partial charge in [0.15, 0.2) is 5.78 Å². The number of rotatable bonds is 7. The Hall–Kier alpha value is -2.38. The summed E-state index contributed by atoms with van der Waals surface area (Å²) in [5, 5.41) is 11.7. The second kappa shape index (κ2) is 12.0. The molecular formula is C29H25ClFNaO5. The molecule has 1 aliphatic heterocycles. The Bertz CT molecular complexity index is 1300. The number of carboxylic acids is 1. The first kappa shape index (κ1) is 27.6. The molecule has 0 spiro atoms. The number of carbonyl (C=O) groups is 2. The van der Waals surface area contributed by atoms with Crippen LogP contribution in [0.1, 0.15) is 65.4 Å². The fourth-order valence-electron chi connectivity index (χ4n) is 5.25. The summed E-state index contributed by atoms with van der Waals surface area (Å²) >= 11 is 6.35. The molecule has 186 valence electrons. The number of carboxylic acid groups (broad SMARTS) is 1. The zero-order chi connectivity index (χ0) is 25.2. The minimum absolute atomic E-state index is 0. The van der Waals surface area contributed by atoms with Crippen molar-refractivity contribution >= 4 is 23.4 Å². The summed E-state index contributed by atoms with van der Waals surface area (Å²) in [4.78, 5) is 24.3. The van der Waals surface area contributed by atoms with E-state index in [1.165, 1.54) is 6.07 Å². The Morgan fingerprint density at radius 2 is 1.84 bits per heavy atom. The Labute approximate surface area is 242 Å². The minimum atomic E-state index is -1.16. The van der Waals surface area contributed by atoms with Gasteiger partial charge < -0.3 is 19.4 Å². The molecule has 5 rings (SSSR count). The third-order valence-corrected chi connectivity index (χ3v) is 7.42. The van der Waals surface area contributed by atoms with Gasteiger partial charge in [-0.15, -0.1) is 0 Å². The number of hydrogen-bond acceptors (Lipinski definition) is 5. The number of Topliss-reactive ketones (excluding diaryl/α,β-unsaturated/α-hetero) is 1. The molecule has 0 saturated heterocycles. The number of aliphatic carboxylic acids is 1. The first-order chi connectivity index (χ1) is 17.4. The van der Waals surface area contributed by atoms with Gasteiger partial charge in [-0.3, -0.25) is 4.79 Å². The molecule has 0 bridgehead atoms. The van der Waals surface area contributed by atoms with E-state index in [0.717, 1.165) is 24.8 Å². The quantitative estimate of drug-likeness (QED) is 0.347. The van der Waals surface area contributed by atoms with E-state index in [-0.39, 0.29) is 58.7 Å².